The van der Waals surface area contributed by atoms with Gasteiger partial charge in [0, 0.05) is 6.54 Å². The molecule has 4 N–H and O–H groups in total. The van der Waals surface area contributed by atoms with Crippen molar-refractivity contribution in [3.63, 3.8) is 0 Å². The van der Waals surface area contributed by atoms with Gasteiger partial charge in [0.2, 0.25) is 10.0 Å². The molecule has 2 rings (SSSR count). The van der Waals surface area contributed by atoms with E-state index in [1.807, 2.05) is 0 Å². The Labute approximate surface area is 107 Å². The number of hydrogen-bond donors (Lipinski definition) is 3. The third-order valence-corrected chi connectivity index (χ3v) is 5.26. The number of nitrogens with one attached hydrogen (secondary N) is 2. The summed E-state index contributed by atoms with van der Waals surface area (Å²) in [7, 11) is -3.47. The van der Waals surface area contributed by atoms with Gasteiger partial charge in [0.25, 0.3) is 0 Å². The Balaban J connectivity index is 2.09. The lowest BCUT2D eigenvalue weighted by atomic mass is 10.0. The van der Waals surface area contributed by atoms with E-state index >= 15 is 0 Å². The Morgan fingerprint density at radius 2 is 2.11 bits per heavy atom. The molecule has 7 heteroatoms. The number of rotatable bonds is 6. The van der Waals surface area contributed by atoms with Gasteiger partial charge >= 0.3 is 0 Å². The third kappa shape index (κ3) is 2.57. The van der Waals surface area contributed by atoms with Crippen molar-refractivity contribution in [2.24, 2.45) is 11.1 Å². The smallest absolute Gasteiger partial charge is 0.244 e. The van der Waals surface area contributed by atoms with Gasteiger partial charge in [-0.15, -0.1) is 0 Å². The Morgan fingerprint density at radius 3 is 2.56 bits per heavy atom. The van der Waals surface area contributed by atoms with Crippen molar-refractivity contribution in [3.8, 4) is 0 Å². The molecule has 1 fully saturated rings. The number of sulfonamides is 1. The van der Waals surface area contributed by atoms with Gasteiger partial charge in [-0.05, 0) is 45.1 Å². The molecule has 0 unspecified atom stereocenters. The molecule has 0 bridgehead atoms. The van der Waals surface area contributed by atoms with Crippen LogP contribution in [0, 0.1) is 19.3 Å². The summed E-state index contributed by atoms with van der Waals surface area (Å²) in [6.07, 6.45) is 2.98. The maximum Gasteiger partial charge on any atom is 0.244 e. The molecule has 0 aromatic carbocycles. The standard InChI is InChI=1S/C11H20N4O2S/c1-8-10(9(2)15-14-8)18(16,17)13-7-11(3-4-11)5-6-12/h13H,3-7,12H2,1-2H3,(H,14,15). The minimum absolute atomic E-state index is 0.0906. The van der Waals surface area contributed by atoms with E-state index in [0.717, 1.165) is 19.3 Å². The van der Waals surface area contributed by atoms with E-state index in [9.17, 15) is 8.42 Å². The molecule has 1 heterocycles. The summed E-state index contributed by atoms with van der Waals surface area (Å²) in [5.41, 5.74) is 6.71. The topological polar surface area (TPSA) is 101 Å². The molecule has 1 aromatic heterocycles. The zero-order valence-electron chi connectivity index (χ0n) is 10.8. The van der Waals surface area contributed by atoms with Crippen LogP contribution in [0.5, 0.6) is 0 Å². The van der Waals surface area contributed by atoms with E-state index in [4.69, 9.17) is 5.73 Å². The quantitative estimate of drug-likeness (QED) is 0.699. The van der Waals surface area contributed by atoms with Crippen molar-refractivity contribution in [2.75, 3.05) is 13.1 Å². The molecule has 0 aliphatic heterocycles. The number of hydrogen-bond acceptors (Lipinski definition) is 4. The molecule has 6 nitrogen and oxygen atoms in total. The van der Waals surface area contributed by atoms with Crippen LogP contribution in [0.15, 0.2) is 4.90 Å². The second kappa shape index (κ2) is 4.64. The van der Waals surface area contributed by atoms with Crippen molar-refractivity contribution in [1.82, 2.24) is 14.9 Å². The normalized spacial score (nSPS) is 17.9. The van der Waals surface area contributed by atoms with E-state index in [0.29, 0.717) is 24.5 Å². The van der Waals surface area contributed by atoms with Crippen LogP contribution in [0.3, 0.4) is 0 Å². The van der Waals surface area contributed by atoms with Crippen LogP contribution in [0.4, 0.5) is 0 Å². The van der Waals surface area contributed by atoms with E-state index < -0.39 is 10.0 Å². The van der Waals surface area contributed by atoms with E-state index in [1.54, 1.807) is 13.8 Å². The zero-order valence-corrected chi connectivity index (χ0v) is 11.6. The molecule has 0 spiro atoms. The predicted octanol–water partition coefficient (Wildman–Crippen LogP) is 0.434. The molecular formula is C11H20N4O2S. The summed E-state index contributed by atoms with van der Waals surface area (Å²) in [5.74, 6) is 0. The van der Waals surface area contributed by atoms with Gasteiger partial charge < -0.3 is 5.73 Å². The van der Waals surface area contributed by atoms with Crippen molar-refractivity contribution in [3.05, 3.63) is 11.4 Å². The highest BCUT2D eigenvalue weighted by atomic mass is 32.2. The van der Waals surface area contributed by atoms with Gasteiger partial charge in [0.15, 0.2) is 0 Å². The fourth-order valence-electron chi connectivity index (χ4n) is 2.26. The largest absolute Gasteiger partial charge is 0.330 e. The summed E-state index contributed by atoms with van der Waals surface area (Å²) in [6.45, 7) is 4.47. The fourth-order valence-corrected chi connectivity index (χ4v) is 3.78. The molecule has 1 aliphatic carbocycles. The Hall–Kier alpha value is -0.920. The fraction of sp³-hybridized carbons (Fsp3) is 0.727. The van der Waals surface area contributed by atoms with Gasteiger partial charge in [-0.1, -0.05) is 0 Å². The number of aromatic nitrogens is 2. The Bertz CT molecular complexity index is 512. The van der Waals surface area contributed by atoms with Crippen molar-refractivity contribution >= 4 is 10.0 Å². The minimum Gasteiger partial charge on any atom is -0.330 e. The van der Waals surface area contributed by atoms with Crippen LogP contribution in [0.2, 0.25) is 0 Å². The SMILES string of the molecule is Cc1n[nH]c(C)c1S(=O)(=O)NCC1(CCN)CC1. The van der Waals surface area contributed by atoms with Gasteiger partial charge in [-0.2, -0.15) is 5.10 Å². The molecule has 0 amide bonds. The first kappa shape index (κ1) is 13.5. The Kier molecular flexibility index (Phi) is 3.48. The van der Waals surface area contributed by atoms with Crippen LogP contribution in [0.1, 0.15) is 30.7 Å². The summed E-state index contributed by atoms with van der Waals surface area (Å²) >= 11 is 0. The molecule has 1 aromatic rings. The number of aryl methyl sites for hydroxylation is 2. The third-order valence-electron chi connectivity index (χ3n) is 3.60. The summed E-state index contributed by atoms with van der Waals surface area (Å²) in [4.78, 5) is 0.269. The predicted molar refractivity (Wildman–Crippen MR) is 68.6 cm³/mol. The maximum atomic E-state index is 12.2. The van der Waals surface area contributed by atoms with Crippen molar-refractivity contribution in [2.45, 2.75) is 38.0 Å². The number of H-pyrrole nitrogens is 1. The lowest BCUT2D eigenvalue weighted by Gasteiger charge is -2.15. The molecule has 1 aliphatic rings. The monoisotopic (exact) mass is 272 g/mol. The van der Waals surface area contributed by atoms with Gasteiger partial charge in [-0.25, -0.2) is 13.1 Å². The summed E-state index contributed by atoms with van der Waals surface area (Å²) < 4.78 is 27.1. The molecule has 1 saturated carbocycles. The number of nitrogens with zero attached hydrogens (tertiary/aromatic N) is 1. The molecular weight excluding hydrogens is 252 g/mol. The van der Waals surface area contributed by atoms with Crippen molar-refractivity contribution < 1.29 is 8.42 Å². The maximum absolute atomic E-state index is 12.2. The van der Waals surface area contributed by atoms with Crippen LogP contribution >= 0.6 is 0 Å². The van der Waals surface area contributed by atoms with Gasteiger partial charge in [-0.3, -0.25) is 5.10 Å². The number of nitrogens with two attached hydrogens (primary N) is 1. The molecule has 0 radical (unpaired) electrons. The first-order chi connectivity index (χ1) is 8.40. The number of aromatic amines is 1. The summed E-state index contributed by atoms with van der Waals surface area (Å²) in [6, 6.07) is 0. The molecule has 18 heavy (non-hydrogen) atoms. The van der Waals surface area contributed by atoms with Crippen LogP contribution in [0.25, 0.3) is 0 Å². The lowest BCUT2D eigenvalue weighted by molar-refractivity contribution is 0.461. The zero-order chi connectivity index (χ0) is 13.4. The highest BCUT2D eigenvalue weighted by Gasteiger charge is 2.42. The van der Waals surface area contributed by atoms with Gasteiger partial charge in [0.05, 0.1) is 11.4 Å². The van der Waals surface area contributed by atoms with E-state index in [2.05, 4.69) is 14.9 Å². The average molecular weight is 272 g/mol. The minimum atomic E-state index is -3.47. The molecule has 102 valence electrons. The van der Waals surface area contributed by atoms with Crippen LogP contribution in [-0.2, 0) is 10.0 Å². The van der Waals surface area contributed by atoms with Crippen LogP contribution in [-0.4, -0.2) is 31.7 Å². The first-order valence-corrected chi connectivity index (χ1v) is 7.60. The summed E-state index contributed by atoms with van der Waals surface area (Å²) in [5, 5.41) is 6.61. The second-order valence-electron chi connectivity index (χ2n) is 5.13. The highest BCUT2D eigenvalue weighted by Crippen LogP contribution is 2.48. The van der Waals surface area contributed by atoms with Crippen molar-refractivity contribution in [1.29, 1.82) is 0 Å². The van der Waals surface area contributed by atoms with Crippen LogP contribution < -0.4 is 10.5 Å². The highest BCUT2D eigenvalue weighted by molar-refractivity contribution is 7.89. The molecule has 0 saturated heterocycles. The van der Waals surface area contributed by atoms with E-state index in [1.165, 1.54) is 0 Å². The lowest BCUT2D eigenvalue weighted by Crippen LogP contribution is -2.32. The first-order valence-electron chi connectivity index (χ1n) is 6.11. The Morgan fingerprint density at radius 1 is 1.44 bits per heavy atom. The van der Waals surface area contributed by atoms with Gasteiger partial charge in [0.1, 0.15) is 4.90 Å². The second-order valence-corrected chi connectivity index (χ2v) is 6.83. The molecule has 0 atom stereocenters. The van der Waals surface area contributed by atoms with E-state index in [-0.39, 0.29) is 10.3 Å². The average Bonchev–Trinajstić information content (AvgIpc) is 2.97.